The Morgan fingerprint density at radius 2 is 1.71 bits per heavy atom. The highest BCUT2D eigenvalue weighted by atomic mass is 35.5. The number of rotatable bonds is 10. The molecule has 0 bridgehead atoms. The van der Waals surface area contributed by atoms with E-state index in [4.69, 9.17) is 23.2 Å². The Morgan fingerprint density at radius 1 is 1.10 bits per heavy atom. The summed E-state index contributed by atoms with van der Waals surface area (Å²) in [5.41, 5.74) is 4.18. The van der Waals surface area contributed by atoms with Gasteiger partial charge in [0.05, 0.1) is 10.0 Å². The fraction of sp³-hybridized carbons (Fsp3) is 0.625. The fourth-order valence-electron chi connectivity index (χ4n) is 2.02. The smallest absolute Gasteiger partial charge is 0.165 e. The van der Waals surface area contributed by atoms with E-state index in [9.17, 15) is 0 Å². The van der Waals surface area contributed by atoms with E-state index in [1.807, 2.05) is 0 Å². The van der Waals surface area contributed by atoms with Crippen molar-refractivity contribution in [2.24, 2.45) is 5.10 Å². The second-order valence-electron chi connectivity index (χ2n) is 5.19. The highest BCUT2D eigenvalue weighted by molar-refractivity contribution is 6.35. The van der Waals surface area contributed by atoms with Crippen LogP contribution in [-0.4, -0.2) is 10.7 Å². The molecule has 0 aliphatic rings. The molecule has 1 aromatic heterocycles. The number of nitrogens with one attached hydrogen (secondary N) is 1. The first kappa shape index (κ1) is 18.2. The van der Waals surface area contributed by atoms with Crippen LogP contribution >= 0.6 is 23.2 Å². The summed E-state index contributed by atoms with van der Waals surface area (Å²) in [6, 6.07) is 1.67. The number of nitrogens with zero attached hydrogens (tertiary/aromatic N) is 2. The lowest BCUT2D eigenvalue weighted by Crippen LogP contribution is -2.04. The molecule has 0 unspecified atom stereocenters. The molecule has 0 aliphatic carbocycles. The average molecular weight is 330 g/mol. The van der Waals surface area contributed by atoms with Gasteiger partial charge < -0.3 is 0 Å². The molecular weight excluding hydrogens is 305 g/mol. The van der Waals surface area contributed by atoms with E-state index in [1.54, 1.807) is 12.3 Å². The van der Waals surface area contributed by atoms with Crippen LogP contribution in [0.3, 0.4) is 0 Å². The van der Waals surface area contributed by atoms with Gasteiger partial charge in [-0.15, -0.1) is 0 Å². The van der Waals surface area contributed by atoms with E-state index in [-0.39, 0.29) is 0 Å². The monoisotopic (exact) mass is 329 g/mol. The van der Waals surface area contributed by atoms with Crippen LogP contribution in [0.5, 0.6) is 0 Å². The van der Waals surface area contributed by atoms with Gasteiger partial charge in [0.25, 0.3) is 0 Å². The molecular formula is C16H25Cl2N3. The molecule has 0 fully saturated rings. The molecule has 3 nitrogen and oxygen atoms in total. The number of aromatic nitrogens is 1. The highest BCUT2D eigenvalue weighted by Gasteiger charge is 2.04. The standard InChI is InChI=1S/C16H25Cl2N3/c1-3-5-7-9-14(10-8-6-4-2)20-21-16-15(18)11-13(17)12-19-16/h11-12H,3-10H2,1-2H3,(H,19,21). The third kappa shape index (κ3) is 7.68. The van der Waals surface area contributed by atoms with Gasteiger partial charge in [0.2, 0.25) is 0 Å². The Balaban J connectivity index is 2.61. The van der Waals surface area contributed by atoms with Gasteiger partial charge in [-0.1, -0.05) is 62.7 Å². The van der Waals surface area contributed by atoms with Crippen LogP contribution in [0, 0.1) is 0 Å². The molecule has 1 aromatic rings. The summed E-state index contributed by atoms with van der Waals surface area (Å²) in [7, 11) is 0. The van der Waals surface area contributed by atoms with Crippen LogP contribution in [0.15, 0.2) is 17.4 Å². The number of hydrazone groups is 1. The molecule has 0 saturated carbocycles. The summed E-state index contributed by atoms with van der Waals surface area (Å²) in [6.07, 6.45) is 10.9. The summed E-state index contributed by atoms with van der Waals surface area (Å²) in [5, 5.41) is 5.53. The number of halogens is 2. The van der Waals surface area contributed by atoms with Crippen LogP contribution in [0.25, 0.3) is 0 Å². The molecule has 0 radical (unpaired) electrons. The van der Waals surface area contributed by atoms with Crippen molar-refractivity contribution >= 4 is 34.7 Å². The van der Waals surface area contributed by atoms with E-state index < -0.39 is 0 Å². The lowest BCUT2D eigenvalue weighted by molar-refractivity contribution is 0.709. The number of hydrogen-bond donors (Lipinski definition) is 1. The first-order valence-corrected chi connectivity index (χ1v) is 8.55. The Morgan fingerprint density at radius 3 is 2.24 bits per heavy atom. The van der Waals surface area contributed by atoms with Gasteiger partial charge in [-0.05, 0) is 31.7 Å². The van der Waals surface area contributed by atoms with Crippen molar-refractivity contribution in [1.82, 2.24) is 4.98 Å². The summed E-state index contributed by atoms with van der Waals surface area (Å²) < 4.78 is 0. The van der Waals surface area contributed by atoms with Crippen molar-refractivity contribution in [1.29, 1.82) is 0 Å². The molecule has 0 amide bonds. The first-order chi connectivity index (χ1) is 10.2. The molecule has 0 aliphatic heterocycles. The third-order valence-corrected chi connectivity index (χ3v) is 3.76. The summed E-state index contributed by atoms with van der Waals surface area (Å²) >= 11 is 11.9. The van der Waals surface area contributed by atoms with Crippen LogP contribution < -0.4 is 5.43 Å². The molecule has 1 rings (SSSR count). The molecule has 0 atom stereocenters. The summed E-state index contributed by atoms with van der Waals surface area (Å²) in [5.74, 6) is 0.560. The zero-order chi connectivity index (χ0) is 15.5. The van der Waals surface area contributed by atoms with E-state index in [0.29, 0.717) is 15.9 Å². The minimum absolute atomic E-state index is 0.493. The Hall–Kier alpha value is -0.800. The molecule has 21 heavy (non-hydrogen) atoms. The number of hydrogen-bond acceptors (Lipinski definition) is 3. The minimum Gasteiger partial charge on any atom is -0.260 e. The predicted molar refractivity (Wildman–Crippen MR) is 93.6 cm³/mol. The summed E-state index contributed by atoms with van der Waals surface area (Å²) in [6.45, 7) is 4.42. The van der Waals surface area contributed by atoms with E-state index >= 15 is 0 Å². The third-order valence-electron chi connectivity index (χ3n) is 3.27. The van der Waals surface area contributed by atoms with Crippen LogP contribution in [0.1, 0.15) is 65.2 Å². The number of pyridine rings is 1. The molecule has 118 valence electrons. The normalized spacial score (nSPS) is 10.5. The maximum Gasteiger partial charge on any atom is 0.165 e. The van der Waals surface area contributed by atoms with Gasteiger partial charge in [-0.25, -0.2) is 4.98 Å². The minimum atomic E-state index is 0.493. The van der Waals surface area contributed by atoms with E-state index in [1.165, 1.54) is 44.2 Å². The van der Waals surface area contributed by atoms with E-state index in [2.05, 4.69) is 29.4 Å². The topological polar surface area (TPSA) is 37.3 Å². The largest absolute Gasteiger partial charge is 0.260 e. The molecule has 1 N–H and O–H groups in total. The van der Waals surface area contributed by atoms with Crippen molar-refractivity contribution in [3.8, 4) is 0 Å². The zero-order valence-corrected chi connectivity index (χ0v) is 14.5. The van der Waals surface area contributed by atoms with Crippen LogP contribution in [-0.2, 0) is 0 Å². The average Bonchev–Trinajstić information content (AvgIpc) is 2.46. The first-order valence-electron chi connectivity index (χ1n) is 7.79. The SMILES string of the molecule is CCCCCC(CCCCC)=NNc1ncc(Cl)cc1Cl. The van der Waals surface area contributed by atoms with Gasteiger partial charge in [0.1, 0.15) is 0 Å². The fourth-order valence-corrected chi connectivity index (χ4v) is 2.45. The van der Waals surface area contributed by atoms with Crippen molar-refractivity contribution in [2.75, 3.05) is 5.43 Å². The lowest BCUT2D eigenvalue weighted by atomic mass is 10.1. The number of anilines is 1. The number of unbranched alkanes of at least 4 members (excludes halogenated alkanes) is 4. The van der Waals surface area contributed by atoms with Crippen molar-refractivity contribution in [3.05, 3.63) is 22.3 Å². The Labute approximate surface area is 138 Å². The maximum atomic E-state index is 6.09. The lowest BCUT2D eigenvalue weighted by Gasteiger charge is -2.08. The second kappa shape index (κ2) is 10.9. The van der Waals surface area contributed by atoms with Crippen LogP contribution in [0.4, 0.5) is 5.82 Å². The molecule has 5 heteroatoms. The molecule has 0 saturated heterocycles. The maximum absolute atomic E-state index is 6.09. The second-order valence-corrected chi connectivity index (χ2v) is 6.03. The van der Waals surface area contributed by atoms with Crippen molar-refractivity contribution in [2.45, 2.75) is 65.2 Å². The predicted octanol–water partition coefficient (Wildman–Crippen LogP) is 6.32. The quantitative estimate of drug-likeness (QED) is 0.310. The Bertz CT molecular complexity index is 435. The van der Waals surface area contributed by atoms with Gasteiger partial charge in [0, 0.05) is 11.9 Å². The molecule has 0 aromatic carbocycles. The van der Waals surface area contributed by atoms with Gasteiger partial charge in [-0.2, -0.15) is 5.10 Å². The zero-order valence-electron chi connectivity index (χ0n) is 13.0. The van der Waals surface area contributed by atoms with Gasteiger partial charge in [0.15, 0.2) is 5.82 Å². The van der Waals surface area contributed by atoms with Crippen LogP contribution in [0.2, 0.25) is 10.0 Å². The van der Waals surface area contributed by atoms with Crippen molar-refractivity contribution in [3.63, 3.8) is 0 Å². The molecule has 1 heterocycles. The summed E-state index contributed by atoms with van der Waals surface area (Å²) in [4.78, 5) is 4.16. The van der Waals surface area contributed by atoms with E-state index in [0.717, 1.165) is 12.8 Å². The highest BCUT2D eigenvalue weighted by Crippen LogP contribution is 2.22. The van der Waals surface area contributed by atoms with Crippen molar-refractivity contribution < 1.29 is 0 Å². The Kier molecular flexibility index (Phi) is 9.44. The van der Waals surface area contributed by atoms with Gasteiger partial charge in [-0.3, -0.25) is 5.43 Å². The molecule has 0 spiro atoms. The van der Waals surface area contributed by atoms with Gasteiger partial charge >= 0.3 is 0 Å².